The molecule has 1 fully saturated rings. The summed E-state index contributed by atoms with van der Waals surface area (Å²) in [5.41, 5.74) is 0.778. The van der Waals surface area contributed by atoms with Crippen LogP contribution in [0.15, 0.2) is 30.3 Å². The SMILES string of the molecule is CCCOc1ccc(/C=C/C(=O)ON2C(=O)CCC2=O)cc1. The van der Waals surface area contributed by atoms with E-state index in [1.165, 1.54) is 12.2 Å². The van der Waals surface area contributed by atoms with E-state index < -0.39 is 17.8 Å². The highest BCUT2D eigenvalue weighted by atomic mass is 16.7. The zero-order valence-corrected chi connectivity index (χ0v) is 12.3. The summed E-state index contributed by atoms with van der Waals surface area (Å²) in [4.78, 5) is 38.9. The Morgan fingerprint density at radius 2 is 1.82 bits per heavy atom. The lowest BCUT2D eigenvalue weighted by molar-refractivity contribution is -0.193. The zero-order chi connectivity index (χ0) is 15.9. The monoisotopic (exact) mass is 303 g/mol. The molecule has 0 aliphatic carbocycles. The molecular weight excluding hydrogens is 286 g/mol. The number of hydroxylamine groups is 2. The lowest BCUT2D eigenvalue weighted by Gasteiger charge is -2.10. The van der Waals surface area contributed by atoms with Crippen molar-refractivity contribution in [2.24, 2.45) is 0 Å². The third-order valence-electron chi connectivity index (χ3n) is 2.95. The maximum Gasteiger partial charge on any atom is 0.356 e. The second kappa shape index (κ2) is 7.40. The zero-order valence-electron chi connectivity index (χ0n) is 12.3. The summed E-state index contributed by atoms with van der Waals surface area (Å²) in [5, 5.41) is 0.522. The van der Waals surface area contributed by atoms with Gasteiger partial charge in [-0.1, -0.05) is 19.1 Å². The van der Waals surface area contributed by atoms with Gasteiger partial charge in [-0.3, -0.25) is 9.59 Å². The molecule has 22 heavy (non-hydrogen) atoms. The third-order valence-corrected chi connectivity index (χ3v) is 2.95. The number of rotatable bonds is 6. The molecule has 6 heteroatoms. The van der Waals surface area contributed by atoms with E-state index in [4.69, 9.17) is 9.57 Å². The van der Waals surface area contributed by atoms with E-state index >= 15 is 0 Å². The van der Waals surface area contributed by atoms with Gasteiger partial charge in [0, 0.05) is 18.9 Å². The summed E-state index contributed by atoms with van der Waals surface area (Å²) in [6.45, 7) is 2.68. The van der Waals surface area contributed by atoms with Crippen molar-refractivity contribution in [3.63, 3.8) is 0 Å². The molecule has 116 valence electrons. The first-order chi connectivity index (χ1) is 10.6. The second-order valence-corrected chi connectivity index (χ2v) is 4.74. The van der Waals surface area contributed by atoms with Crippen LogP contribution < -0.4 is 4.74 Å². The van der Waals surface area contributed by atoms with E-state index in [-0.39, 0.29) is 12.8 Å². The van der Waals surface area contributed by atoms with Gasteiger partial charge in [0.15, 0.2) is 0 Å². The van der Waals surface area contributed by atoms with Gasteiger partial charge in [0.05, 0.1) is 6.61 Å². The number of hydrogen-bond donors (Lipinski definition) is 0. The molecule has 0 radical (unpaired) electrons. The van der Waals surface area contributed by atoms with Crippen LogP contribution in [0, 0.1) is 0 Å². The first-order valence-electron chi connectivity index (χ1n) is 7.09. The maximum absolute atomic E-state index is 11.6. The predicted molar refractivity (Wildman–Crippen MR) is 78.4 cm³/mol. The normalized spacial score (nSPS) is 14.7. The number of imide groups is 1. The van der Waals surface area contributed by atoms with Crippen molar-refractivity contribution in [2.75, 3.05) is 6.61 Å². The van der Waals surface area contributed by atoms with E-state index in [1.807, 2.05) is 6.92 Å². The average molecular weight is 303 g/mol. The number of carbonyl (C=O) groups is 3. The Kier molecular flexibility index (Phi) is 5.30. The van der Waals surface area contributed by atoms with Crippen molar-refractivity contribution in [1.29, 1.82) is 0 Å². The maximum atomic E-state index is 11.6. The fraction of sp³-hybridized carbons (Fsp3) is 0.312. The van der Waals surface area contributed by atoms with Gasteiger partial charge in [0.25, 0.3) is 11.8 Å². The molecule has 1 aromatic carbocycles. The van der Waals surface area contributed by atoms with Crippen LogP contribution in [0.25, 0.3) is 6.08 Å². The van der Waals surface area contributed by atoms with Crippen molar-refractivity contribution < 1.29 is 24.0 Å². The average Bonchev–Trinajstić information content (AvgIpc) is 2.84. The molecule has 0 aromatic heterocycles. The first-order valence-corrected chi connectivity index (χ1v) is 7.09. The highest BCUT2D eigenvalue weighted by molar-refractivity contribution is 6.02. The van der Waals surface area contributed by atoms with Gasteiger partial charge in [-0.15, -0.1) is 5.06 Å². The minimum atomic E-state index is -0.769. The summed E-state index contributed by atoms with van der Waals surface area (Å²) < 4.78 is 5.45. The minimum absolute atomic E-state index is 0.0784. The Morgan fingerprint density at radius 1 is 1.18 bits per heavy atom. The Labute approximate surface area is 128 Å². The molecule has 6 nitrogen and oxygen atoms in total. The van der Waals surface area contributed by atoms with Gasteiger partial charge in [0.2, 0.25) is 0 Å². The summed E-state index contributed by atoms with van der Waals surface area (Å²) >= 11 is 0. The van der Waals surface area contributed by atoms with Gasteiger partial charge >= 0.3 is 5.97 Å². The van der Waals surface area contributed by atoms with Gasteiger partial charge in [-0.05, 0) is 30.2 Å². The van der Waals surface area contributed by atoms with Crippen LogP contribution in [-0.4, -0.2) is 29.5 Å². The van der Waals surface area contributed by atoms with Crippen molar-refractivity contribution in [3.05, 3.63) is 35.9 Å². The molecule has 0 spiro atoms. The van der Waals surface area contributed by atoms with E-state index in [2.05, 4.69) is 0 Å². The topological polar surface area (TPSA) is 72.9 Å². The molecule has 2 rings (SSSR count). The molecule has 2 amide bonds. The molecule has 0 saturated carbocycles. The highest BCUT2D eigenvalue weighted by Crippen LogP contribution is 2.14. The molecule has 1 aliphatic rings. The Bertz CT molecular complexity index is 575. The van der Waals surface area contributed by atoms with E-state index in [1.54, 1.807) is 24.3 Å². The summed E-state index contributed by atoms with van der Waals surface area (Å²) in [6.07, 6.45) is 3.79. The van der Waals surface area contributed by atoms with Crippen LogP contribution in [0.2, 0.25) is 0 Å². The molecule has 0 unspecified atom stereocenters. The van der Waals surface area contributed by atoms with E-state index in [0.29, 0.717) is 11.7 Å². The van der Waals surface area contributed by atoms with Crippen LogP contribution in [0.1, 0.15) is 31.7 Å². The third kappa shape index (κ3) is 4.18. The molecule has 0 N–H and O–H groups in total. The van der Waals surface area contributed by atoms with Crippen molar-refractivity contribution >= 4 is 23.9 Å². The minimum Gasteiger partial charge on any atom is -0.494 e. The van der Waals surface area contributed by atoms with Crippen molar-refractivity contribution in [1.82, 2.24) is 5.06 Å². The summed E-state index contributed by atoms with van der Waals surface area (Å²) in [5.74, 6) is -1.00. The summed E-state index contributed by atoms with van der Waals surface area (Å²) in [7, 11) is 0. The highest BCUT2D eigenvalue weighted by Gasteiger charge is 2.32. The fourth-order valence-electron chi connectivity index (χ4n) is 1.84. The van der Waals surface area contributed by atoms with E-state index in [0.717, 1.165) is 17.7 Å². The number of hydrogen-bond acceptors (Lipinski definition) is 5. The second-order valence-electron chi connectivity index (χ2n) is 4.74. The molecule has 0 atom stereocenters. The van der Waals surface area contributed by atoms with Crippen molar-refractivity contribution in [2.45, 2.75) is 26.2 Å². The lowest BCUT2D eigenvalue weighted by Crippen LogP contribution is -2.31. The van der Waals surface area contributed by atoms with Crippen LogP contribution >= 0.6 is 0 Å². The molecule has 1 saturated heterocycles. The number of amides is 2. The summed E-state index contributed by atoms with van der Waals surface area (Å²) in [6, 6.07) is 7.18. The van der Waals surface area contributed by atoms with E-state index in [9.17, 15) is 14.4 Å². The number of benzene rings is 1. The Morgan fingerprint density at radius 3 is 2.41 bits per heavy atom. The standard InChI is InChI=1S/C16H17NO5/c1-2-11-21-13-6-3-12(4-7-13)5-10-16(20)22-17-14(18)8-9-15(17)19/h3-7,10H,2,8-9,11H2,1H3/b10-5+. The largest absolute Gasteiger partial charge is 0.494 e. The first kappa shape index (κ1) is 15.8. The van der Waals surface area contributed by atoms with Crippen LogP contribution in [0.5, 0.6) is 5.75 Å². The molecular formula is C16H17NO5. The van der Waals surface area contributed by atoms with Crippen molar-refractivity contribution in [3.8, 4) is 5.75 Å². The predicted octanol–water partition coefficient (Wildman–Crippen LogP) is 2.10. The Balaban J connectivity index is 1.89. The van der Waals surface area contributed by atoms with Gasteiger partial charge in [0.1, 0.15) is 5.75 Å². The van der Waals surface area contributed by atoms with Crippen LogP contribution in [0.3, 0.4) is 0 Å². The molecule has 1 heterocycles. The molecule has 1 aliphatic heterocycles. The number of carbonyl (C=O) groups excluding carboxylic acids is 3. The van der Waals surface area contributed by atoms with Gasteiger partial charge in [-0.2, -0.15) is 0 Å². The van der Waals surface area contributed by atoms with Gasteiger partial charge in [-0.25, -0.2) is 4.79 Å². The fourth-order valence-corrected chi connectivity index (χ4v) is 1.84. The number of nitrogens with zero attached hydrogens (tertiary/aromatic N) is 1. The number of ether oxygens (including phenoxy) is 1. The quantitative estimate of drug-likeness (QED) is 0.594. The smallest absolute Gasteiger partial charge is 0.356 e. The lowest BCUT2D eigenvalue weighted by atomic mass is 10.2. The Hall–Kier alpha value is -2.63. The van der Waals surface area contributed by atoms with Gasteiger partial charge < -0.3 is 9.57 Å². The van der Waals surface area contributed by atoms with Crippen LogP contribution in [0.4, 0.5) is 0 Å². The molecule has 0 bridgehead atoms. The van der Waals surface area contributed by atoms with Crippen LogP contribution in [-0.2, 0) is 19.2 Å². The molecule has 1 aromatic rings.